The minimum Gasteiger partial charge on any atom is -0.465 e. The molecule has 136 valence electrons. The topological polar surface area (TPSA) is 46.5 Å². The molecule has 7 atom stereocenters. The summed E-state index contributed by atoms with van der Waals surface area (Å²) < 4.78 is 5.66. The zero-order valence-electron chi connectivity index (χ0n) is 15.4. The molecule has 0 aromatic carbocycles. The highest BCUT2D eigenvalue weighted by Crippen LogP contribution is 2.66. The van der Waals surface area contributed by atoms with Crippen LogP contribution in [0.3, 0.4) is 0 Å². The third-order valence-corrected chi connectivity index (χ3v) is 8.78. The van der Waals surface area contributed by atoms with Gasteiger partial charge < -0.3 is 9.84 Å². The van der Waals surface area contributed by atoms with Gasteiger partial charge in [0.25, 0.3) is 0 Å². The average Bonchev–Trinajstić information content (AvgIpc) is 2.88. The van der Waals surface area contributed by atoms with E-state index in [0.29, 0.717) is 18.4 Å². The maximum absolute atomic E-state index is 11.5. The van der Waals surface area contributed by atoms with E-state index < -0.39 is 0 Å². The Kier molecular flexibility index (Phi) is 4.22. The molecule has 24 heavy (non-hydrogen) atoms. The Balaban J connectivity index is 1.64. The smallest absolute Gasteiger partial charge is 0.302 e. The molecule has 0 saturated heterocycles. The van der Waals surface area contributed by atoms with Crippen LogP contribution in [0.1, 0.15) is 78.1 Å². The van der Waals surface area contributed by atoms with Crippen LogP contribution in [-0.2, 0) is 9.53 Å². The molecule has 0 radical (unpaired) electrons. The lowest BCUT2D eigenvalue weighted by atomic mass is 9.45. The number of fused-ring (bicyclic) bond motifs is 5. The highest BCUT2D eigenvalue weighted by atomic mass is 16.5. The molecule has 4 saturated carbocycles. The number of rotatable bonds is 2. The van der Waals surface area contributed by atoms with Crippen molar-refractivity contribution in [3.8, 4) is 0 Å². The number of aliphatic hydroxyl groups excluding tert-OH is 1. The van der Waals surface area contributed by atoms with Crippen molar-refractivity contribution in [3.05, 3.63) is 0 Å². The van der Waals surface area contributed by atoms with Crippen LogP contribution in [0.15, 0.2) is 0 Å². The first-order valence-corrected chi connectivity index (χ1v) is 10.3. The zero-order chi connectivity index (χ0) is 16.9. The number of aliphatic hydroxyl groups is 1. The van der Waals surface area contributed by atoms with Gasteiger partial charge in [0.1, 0.15) is 0 Å². The van der Waals surface area contributed by atoms with Gasteiger partial charge in [-0.3, -0.25) is 4.79 Å². The molecular formula is C21H34O3. The van der Waals surface area contributed by atoms with Gasteiger partial charge in [-0.2, -0.15) is 0 Å². The van der Waals surface area contributed by atoms with Crippen LogP contribution >= 0.6 is 0 Å². The summed E-state index contributed by atoms with van der Waals surface area (Å²) in [5.41, 5.74) is 0.382. The van der Waals surface area contributed by atoms with E-state index in [0.717, 1.165) is 24.7 Å². The molecule has 0 aromatic rings. The Bertz CT molecular complexity index is 503. The van der Waals surface area contributed by atoms with Crippen LogP contribution in [-0.4, -0.2) is 23.8 Å². The fraction of sp³-hybridized carbons (Fsp3) is 0.952. The first-order valence-electron chi connectivity index (χ1n) is 10.3. The Morgan fingerprint density at radius 1 is 1.04 bits per heavy atom. The lowest BCUT2D eigenvalue weighted by Crippen LogP contribution is -2.56. The Labute approximate surface area is 146 Å². The molecule has 4 aliphatic carbocycles. The van der Waals surface area contributed by atoms with Gasteiger partial charge in [-0.25, -0.2) is 0 Å². The summed E-state index contributed by atoms with van der Waals surface area (Å²) in [7, 11) is 0. The van der Waals surface area contributed by atoms with Gasteiger partial charge >= 0.3 is 5.97 Å². The Morgan fingerprint density at radius 3 is 2.67 bits per heavy atom. The number of carbonyl (C=O) groups excluding carboxylic acids is 1. The molecule has 0 aromatic heterocycles. The normalized spacial score (nSPS) is 50.5. The van der Waals surface area contributed by atoms with E-state index in [1.165, 1.54) is 51.4 Å². The largest absolute Gasteiger partial charge is 0.465 e. The van der Waals surface area contributed by atoms with Crippen molar-refractivity contribution in [1.29, 1.82) is 0 Å². The fourth-order valence-corrected chi connectivity index (χ4v) is 7.56. The summed E-state index contributed by atoms with van der Waals surface area (Å²) in [4.78, 5) is 11.5. The fourth-order valence-electron chi connectivity index (χ4n) is 7.56. The Hall–Kier alpha value is -0.570. The lowest BCUT2D eigenvalue weighted by Gasteiger charge is -2.60. The van der Waals surface area contributed by atoms with Crippen molar-refractivity contribution in [2.75, 3.05) is 6.61 Å². The molecule has 4 fully saturated rings. The van der Waals surface area contributed by atoms with Gasteiger partial charge in [0.2, 0.25) is 0 Å². The minimum absolute atomic E-state index is 0.100. The van der Waals surface area contributed by atoms with Gasteiger partial charge in [-0.1, -0.05) is 19.8 Å². The minimum atomic E-state index is -0.118. The molecule has 4 rings (SSSR count). The molecule has 4 aliphatic rings. The van der Waals surface area contributed by atoms with Crippen LogP contribution in [0.4, 0.5) is 0 Å². The molecule has 0 spiro atoms. The average molecular weight is 335 g/mol. The van der Waals surface area contributed by atoms with E-state index in [-0.39, 0.29) is 22.9 Å². The predicted octanol–water partition coefficient (Wildman–Crippen LogP) is 4.32. The molecule has 0 aliphatic heterocycles. The molecule has 3 nitrogen and oxygen atoms in total. The van der Waals surface area contributed by atoms with E-state index in [4.69, 9.17) is 4.74 Å². The summed E-state index contributed by atoms with van der Waals surface area (Å²) in [6.07, 6.45) is 12.4. The molecule has 0 amide bonds. The molecule has 3 heteroatoms. The standard InChI is InChI=1S/C21H34O3/c1-14(22)24-13-21-11-4-3-5-15(21)6-7-16-17-8-9-19(23)20(17,2)12-10-18(16)21/h15-19,23H,3-13H2,1-2H3/t15-,16+,17+,18+,19+,20+,21-/m1/s1. The van der Waals surface area contributed by atoms with Crippen LogP contribution in [0.25, 0.3) is 0 Å². The second-order valence-corrected chi connectivity index (χ2v) is 9.55. The van der Waals surface area contributed by atoms with Crippen molar-refractivity contribution in [2.24, 2.45) is 34.5 Å². The van der Waals surface area contributed by atoms with Crippen molar-refractivity contribution in [2.45, 2.75) is 84.2 Å². The predicted molar refractivity (Wildman–Crippen MR) is 93.3 cm³/mol. The number of hydrogen-bond acceptors (Lipinski definition) is 3. The quantitative estimate of drug-likeness (QED) is 0.765. The molecule has 0 unspecified atom stereocenters. The van der Waals surface area contributed by atoms with Crippen LogP contribution in [0.5, 0.6) is 0 Å². The van der Waals surface area contributed by atoms with Gasteiger partial charge in [-0.15, -0.1) is 0 Å². The lowest BCUT2D eigenvalue weighted by molar-refractivity contribution is -0.169. The van der Waals surface area contributed by atoms with E-state index in [2.05, 4.69) is 6.92 Å². The summed E-state index contributed by atoms with van der Waals surface area (Å²) in [6, 6.07) is 0. The summed E-state index contributed by atoms with van der Waals surface area (Å²) >= 11 is 0. The zero-order valence-corrected chi connectivity index (χ0v) is 15.4. The molecule has 0 bridgehead atoms. The maximum atomic E-state index is 11.5. The highest BCUT2D eigenvalue weighted by molar-refractivity contribution is 5.65. The third-order valence-electron chi connectivity index (χ3n) is 8.78. The number of esters is 1. The number of carbonyl (C=O) groups is 1. The van der Waals surface area contributed by atoms with Crippen molar-refractivity contribution < 1.29 is 14.6 Å². The van der Waals surface area contributed by atoms with Crippen molar-refractivity contribution in [1.82, 2.24) is 0 Å². The van der Waals surface area contributed by atoms with Crippen LogP contribution in [0.2, 0.25) is 0 Å². The summed E-state index contributed by atoms with van der Waals surface area (Å²) in [6.45, 7) is 4.55. The number of ether oxygens (including phenoxy) is 1. The van der Waals surface area contributed by atoms with Crippen LogP contribution < -0.4 is 0 Å². The number of hydrogen-bond donors (Lipinski definition) is 1. The van der Waals surface area contributed by atoms with E-state index >= 15 is 0 Å². The van der Waals surface area contributed by atoms with Crippen molar-refractivity contribution >= 4 is 5.97 Å². The van der Waals surface area contributed by atoms with Gasteiger partial charge in [0.15, 0.2) is 0 Å². The van der Waals surface area contributed by atoms with E-state index in [9.17, 15) is 9.90 Å². The third kappa shape index (κ3) is 2.37. The second-order valence-electron chi connectivity index (χ2n) is 9.55. The van der Waals surface area contributed by atoms with Crippen molar-refractivity contribution in [3.63, 3.8) is 0 Å². The van der Waals surface area contributed by atoms with E-state index in [1.54, 1.807) is 6.92 Å². The second kappa shape index (κ2) is 6.00. The molecule has 1 N–H and O–H groups in total. The summed E-state index contributed by atoms with van der Waals surface area (Å²) in [5, 5.41) is 10.6. The van der Waals surface area contributed by atoms with E-state index in [1.807, 2.05) is 0 Å². The first kappa shape index (κ1) is 16.9. The Morgan fingerprint density at radius 2 is 1.88 bits per heavy atom. The molecule has 0 heterocycles. The van der Waals surface area contributed by atoms with Gasteiger partial charge in [0, 0.05) is 12.3 Å². The van der Waals surface area contributed by atoms with Gasteiger partial charge in [-0.05, 0) is 80.5 Å². The molecular weight excluding hydrogens is 300 g/mol. The van der Waals surface area contributed by atoms with Gasteiger partial charge in [0.05, 0.1) is 12.7 Å². The highest BCUT2D eigenvalue weighted by Gasteiger charge is 2.61. The monoisotopic (exact) mass is 334 g/mol. The maximum Gasteiger partial charge on any atom is 0.302 e. The van der Waals surface area contributed by atoms with Crippen LogP contribution in [0, 0.1) is 34.5 Å². The first-order chi connectivity index (χ1) is 11.5. The SMILES string of the molecule is CC(=O)OC[C@]12CCCC[C@@H]1CC[C@H]1[C@@H]3CC[C@H](O)[C@@]3(C)CC[C@@H]12. The summed E-state index contributed by atoms with van der Waals surface area (Å²) in [5.74, 6) is 2.77.